The van der Waals surface area contributed by atoms with Gasteiger partial charge in [-0.1, -0.05) is 85.8 Å². The standard InChI is InChI=1S/C24H26ClNO3/c1-3-4-5-8-15-26-21(18-9-6-7-10-19(18)25)20(23(28)24(26)29)22(27)17-13-11-16(2)12-14-17/h6-7,9-14,21,27H,3-5,8,15H2,1-2H3/b22-20+/t21-/m1/s1. The monoisotopic (exact) mass is 411 g/mol. The number of aliphatic hydroxyl groups excluding tert-OH is 1. The molecule has 1 amide bonds. The lowest BCUT2D eigenvalue weighted by Gasteiger charge is -2.26. The number of aliphatic hydroxyl groups is 1. The summed E-state index contributed by atoms with van der Waals surface area (Å²) in [5.41, 5.74) is 2.30. The van der Waals surface area contributed by atoms with Crippen molar-refractivity contribution >= 4 is 29.1 Å². The fraction of sp³-hybridized carbons (Fsp3) is 0.333. The second-order valence-corrected chi connectivity index (χ2v) is 7.85. The summed E-state index contributed by atoms with van der Waals surface area (Å²) in [6.45, 7) is 4.52. The topological polar surface area (TPSA) is 57.6 Å². The van der Waals surface area contributed by atoms with E-state index >= 15 is 0 Å². The highest BCUT2D eigenvalue weighted by Gasteiger charge is 2.46. The van der Waals surface area contributed by atoms with Gasteiger partial charge in [-0.05, 0) is 25.0 Å². The summed E-state index contributed by atoms with van der Waals surface area (Å²) in [6.07, 6.45) is 3.93. The number of unbranched alkanes of at least 4 members (excludes halogenated alkanes) is 3. The van der Waals surface area contributed by atoms with Crippen LogP contribution in [0.2, 0.25) is 5.02 Å². The number of ketones is 1. The lowest BCUT2D eigenvalue weighted by molar-refractivity contribution is -0.139. The molecule has 29 heavy (non-hydrogen) atoms. The Hall–Kier alpha value is -2.59. The van der Waals surface area contributed by atoms with Crippen molar-refractivity contribution in [3.05, 3.63) is 75.8 Å². The molecule has 1 N–H and O–H groups in total. The Bertz CT molecular complexity index is 933. The van der Waals surface area contributed by atoms with Crippen LogP contribution < -0.4 is 0 Å². The number of rotatable bonds is 7. The normalized spacial score (nSPS) is 18.4. The Kier molecular flexibility index (Phi) is 6.75. The number of aryl methyl sites for hydroxylation is 1. The Balaban J connectivity index is 2.08. The number of likely N-dealkylation sites (tertiary alicyclic amines) is 1. The van der Waals surface area contributed by atoms with E-state index in [4.69, 9.17) is 11.6 Å². The first-order chi connectivity index (χ1) is 14.0. The summed E-state index contributed by atoms with van der Waals surface area (Å²) in [5.74, 6) is -1.41. The van der Waals surface area contributed by atoms with E-state index in [9.17, 15) is 14.7 Å². The van der Waals surface area contributed by atoms with E-state index in [-0.39, 0.29) is 11.3 Å². The first-order valence-electron chi connectivity index (χ1n) is 10.1. The molecule has 0 saturated carbocycles. The molecular formula is C24H26ClNO3. The third kappa shape index (κ3) is 4.38. The number of amides is 1. The lowest BCUT2D eigenvalue weighted by atomic mass is 9.95. The van der Waals surface area contributed by atoms with Gasteiger partial charge >= 0.3 is 0 Å². The van der Waals surface area contributed by atoms with Gasteiger partial charge < -0.3 is 10.0 Å². The van der Waals surface area contributed by atoms with E-state index in [0.29, 0.717) is 22.7 Å². The van der Waals surface area contributed by atoms with Crippen LogP contribution in [0, 0.1) is 6.92 Å². The van der Waals surface area contributed by atoms with Gasteiger partial charge in [0.05, 0.1) is 11.6 Å². The van der Waals surface area contributed by atoms with Crippen molar-refractivity contribution in [1.82, 2.24) is 4.90 Å². The predicted molar refractivity (Wildman–Crippen MR) is 116 cm³/mol. The third-order valence-electron chi connectivity index (χ3n) is 5.32. The number of halogens is 1. The van der Waals surface area contributed by atoms with Crippen LogP contribution in [0.5, 0.6) is 0 Å². The zero-order valence-electron chi connectivity index (χ0n) is 16.8. The SMILES string of the molecule is CCCCCCN1C(=O)C(=O)/C(=C(/O)c2ccc(C)cc2)[C@H]1c1ccccc1Cl. The summed E-state index contributed by atoms with van der Waals surface area (Å²) in [6, 6.07) is 13.7. The van der Waals surface area contributed by atoms with Crippen LogP contribution in [0.3, 0.4) is 0 Å². The van der Waals surface area contributed by atoms with Crippen LogP contribution in [0.15, 0.2) is 54.1 Å². The van der Waals surface area contributed by atoms with Crippen molar-refractivity contribution in [2.24, 2.45) is 0 Å². The van der Waals surface area contributed by atoms with Crippen LogP contribution in [-0.2, 0) is 9.59 Å². The number of hydrogen-bond acceptors (Lipinski definition) is 3. The molecule has 3 rings (SSSR count). The Morgan fingerprint density at radius 1 is 1.03 bits per heavy atom. The minimum Gasteiger partial charge on any atom is -0.507 e. The number of carbonyl (C=O) groups is 2. The molecular weight excluding hydrogens is 386 g/mol. The molecule has 0 aromatic heterocycles. The summed E-state index contributed by atoms with van der Waals surface area (Å²) < 4.78 is 0. The maximum atomic E-state index is 12.9. The van der Waals surface area contributed by atoms with Crippen molar-refractivity contribution in [1.29, 1.82) is 0 Å². The van der Waals surface area contributed by atoms with Crippen molar-refractivity contribution in [2.45, 2.75) is 45.6 Å². The number of benzene rings is 2. The minimum atomic E-state index is -0.688. The molecule has 0 aliphatic carbocycles. The molecule has 1 atom stereocenters. The van der Waals surface area contributed by atoms with Crippen LogP contribution in [0.25, 0.3) is 5.76 Å². The fourth-order valence-electron chi connectivity index (χ4n) is 3.71. The zero-order chi connectivity index (χ0) is 21.0. The van der Waals surface area contributed by atoms with Gasteiger partial charge in [0.15, 0.2) is 0 Å². The molecule has 5 heteroatoms. The van der Waals surface area contributed by atoms with Crippen molar-refractivity contribution in [3.8, 4) is 0 Å². The van der Waals surface area contributed by atoms with Crippen LogP contribution in [0.4, 0.5) is 0 Å². The van der Waals surface area contributed by atoms with Crippen LogP contribution >= 0.6 is 11.6 Å². The molecule has 152 valence electrons. The molecule has 1 saturated heterocycles. The van der Waals surface area contributed by atoms with E-state index < -0.39 is 17.7 Å². The Morgan fingerprint density at radius 3 is 2.38 bits per heavy atom. The molecule has 1 heterocycles. The number of Topliss-reactive ketones (excluding diaryl/α,β-unsaturated/α-hetero) is 1. The number of hydrogen-bond donors (Lipinski definition) is 1. The fourth-order valence-corrected chi connectivity index (χ4v) is 3.95. The molecule has 1 aliphatic heterocycles. The second-order valence-electron chi connectivity index (χ2n) is 7.44. The molecule has 0 bridgehead atoms. The van der Waals surface area contributed by atoms with E-state index in [0.717, 1.165) is 31.2 Å². The second kappa shape index (κ2) is 9.27. The Labute approximate surface area is 176 Å². The van der Waals surface area contributed by atoms with E-state index in [1.807, 2.05) is 25.1 Å². The first kappa shape index (κ1) is 21.1. The van der Waals surface area contributed by atoms with E-state index in [2.05, 4.69) is 6.92 Å². The molecule has 0 spiro atoms. The van der Waals surface area contributed by atoms with Crippen molar-refractivity contribution in [3.63, 3.8) is 0 Å². The Morgan fingerprint density at radius 2 is 1.72 bits per heavy atom. The zero-order valence-corrected chi connectivity index (χ0v) is 17.6. The first-order valence-corrected chi connectivity index (χ1v) is 10.4. The van der Waals surface area contributed by atoms with Crippen LogP contribution in [-0.4, -0.2) is 28.2 Å². The largest absolute Gasteiger partial charge is 0.507 e. The smallest absolute Gasteiger partial charge is 0.295 e. The number of carbonyl (C=O) groups excluding carboxylic acids is 2. The predicted octanol–water partition coefficient (Wildman–Crippen LogP) is 5.65. The van der Waals surface area contributed by atoms with Gasteiger partial charge in [0.25, 0.3) is 11.7 Å². The molecule has 2 aromatic rings. The lowest BCUT2D eigenvalue weighted by Crippen LogP contribution is -2.30. The average Bonchev–Trinajstić information content (AvgIpc) is 2.96. The maximum absolute atomic E-state index is 12.9. The van der Waals surface area contributed by atoms with Gasteiger partial charge in [-0.3, -0.25) is 9.59 Å². The van der Waals surface area contributed by atoms with Gasteiger partial charge in [-0.15, -0.1) is 0 Å². The molecule has 0 radical (unpaired) electrons. The van der Waals surface area contributed by atoms with E-state index in [1.54, 1.807) is 35.2 Å². The van der Waals surface area contributed by atoms with Crippen molar-refractivity contribution in [2.75, 3.05) is 6.54 Å². The van der Waals surface area contributed by atoms with Gasteiger partial charge in [0.1, 0.15) is 5.76 Å². The average molecular weight is 412 g/mol. The molecule has 4 nitrogen and oxygen atoms in total. The van der Waals surface area contributed by atoms with Crippen molar-refractivity contribution < 1.29 is 14.7 Å². The van der Waals surface area contributed by atoms with Gasteiger partial charge in [-0.25, -0.2) is 0 Å². The summed E-state index contributed by atoms with van der Waals surface area (Å²) in [5, 5.41) is 11.5. The summed E-state index contributed by atoms with van der Waals surface area (Å²) in [4.78, 5) is 27.3. The molecule has 1 fully saturated rings. The quantitative estimate of drug-likeness (QED) is 0.277. The highest BCUT2D eigenvalue weighted by atomic mass is 35.5. The van der Waals surface area contributed by atoms with E-state index in [1.165, 1.54) is 0 Å². The molecule has 0 unspecified atom stereocenters. The number of nitrogens with zero attached hydrogens (tertiary/aromatic N) is 1. The minimum absolute atomic E-state index is 0.0995. The van der Waals surface area contributed by atoms with Crippen LogP contribution in [0.1, 0.15) is 55.3 Å². The van der Waals surface area contributed by atoms with Gasteiger partial charge in [-0.2, -0.15) is 0 Å². The highest BCUT2D eigenvalue weighted by molar-refractivity contribution is 6.47. The van der Waals surface area contributed by atoms with Gasteiger partial charge in [0, 0.05) is 17.1 Å². The highest BCUT2D eigenvalue weighted by Crippen LogP contribution is 2.41. The third-order valence-corrected chi connectivity index (χ3v) is 5.66. The van der Waals surface area contributed by atoms with Gasteiger partial charge in [0.2, 0.25) is 0 Å². The maximum Gasteiger partial charge on any atom is 0.295 e. The molecule has 1 aliphatic rings. The molecule has 2 aromatic carbocycles. The summed E-state index contributed by atoms with van der Waals surface area (Å²) in [7, 11) is 0. The summed E-state index contributed by atoms with van der Waals surface area (Å²) >= 11 is 6.43.